The lowest BCUT2D eigenvalue weighted by Crippen LogP contribution is -2.19. The predicted molar refractivity (Wildman–Crippen MR) is 73.8 cm³/mol. The minimum absolute atomic E-state index is 0.806. The quantitative estimate of drug-likeness (QED) is 0.757. The molecule has 102 valence electrons. The lowest BCUT2D eigenvalue weighted by Gasteiger charge is -2.22. The average molecular weight is 251 g/mol. The van der Waals surface area contributed by atoms with Gasteiger partial charge >= 0.3 is 0 Å². The van der Waals surface area contributed by atoms with Crippen LogP contribution in [0.4, 0.5) is 5.95 Å². The van der Waals surface area contributed by atoms with Crippen molar-refractivity contribution in [3.63, 3.8) is 0 Å². The summed E-state index contributed by atoms with van der Waals surface area (Å²) >= 11 is 0. The molecule has 1 aliphatic carbocycles. The first-order valence-corrected chi connectivity index (χ1v) is 7.14. The molecule has 1 heterocycles. The van der Waals surface area contributed by atoms with Crippen molar-refractivity contribution in [1.82, 2.24) is 9.55 Å². The smallest absolute Gasteiger partial charge is 0.202 e. The summed E-state index contributed by atoms with van der Waals surface area (Å²) in [6.07, 6.45) is 11.9. The Hall–Kier alpha value is -1.03. The summed E-state index contributed by atoms with van der Waals surface area (Å²) < 4.78 is 7.26. The van der Waals surface area contributed by atoms with E-state index in [9.17, 15) is 0 Å². The maximum Gasteiger partial charge on any atom is 0.202 e. The van der Waals surface area contributed by atoms with Crippen LogP contribution in [0, 0.1) is 5.92 Å². The van der Waals surface area contributed by atoms with Gasteiger partial charge in [-0.25, -0.2) is 4.98 Å². The van der Waals surface area contributed by atoms with Crippen molar-refractivity contribution in [2.45, 2.75) is 45.1 Å². The Morgan fingerprint density at radius 3 is 3.00 bits per heavy atom. The van der Waals surface area contributed by atoms with Crippen LogP contribution in [-0.2, 0) is 11.3 Å². The number of rotatable bonds is 7. The fourth-order valence-electron chi connectivity index (χ4n) is 2.66. The summed E-state index contributed by atoms with van der Waals surface area (Å²) in [5, 5.41) is 3.50. The molecule has 0 aliphatic heterocycles. The molecule has 18 heavy (non-hydrogen) atoms. The van der Waals surface area contributed by atoms with Gasteiger partial charge in [0.05, 0.1) is 0 Å². The third-order valence-electron chi connectivity index (χ3n) is 3.74. The Bertz CT molecular complexity index is 332. The Kier molecular flexibility index (Phi) is 5.52. The van der Waals surface area contributed by atoms with Crippen LogP contribution in [-0.4, -0.2) is 29.8 Å². The first-order chi connectivity index (χ1) is 8.90. The highest BCUT2D eigenvalue weighted by molar-refractivity contribution is 5.25. The van der Waals surface area contributed by atoms with Crippen molar-refractivity contribution >= 4 is 5.95 Å². The third kappa shape index (κ3) is 4.02. The van der Waals surface area contributed by atoms with Gasteiger partial charge in [0.25, 0.3) is 0 Å². The molecule has 1 aromatic heterocycles. The van der Waals surface area contributed by atoms with Gasteiger partial charge in [-0.2, -0.15) is 0 Å². The van der Waals surface area contributed by atoms with Crippen molar-refractivity contribution in [1.29, 1.82) is 0 Å². The normalized spacial score (nSPS) is 16.9. The lowest BCUT2D eigenvalue weighted by molar-refractivity contribution is 0.190. The van der Waals surface area contributed by atoms with Gasteiger partial charge in [0.2, 0.25) is 5.95 Å². The number of aryl methyl sites for hydroxylation is 1. The third-order valence-corrected chi connectivity index (χ3v) is 3.74. The second-order valence-corrected chi connectivity index (χ2v) is 5.18. The largest absolute Gasteiger partial charge is 0.385 e. The first-order valence-electron chi connectivity index (χ1n) is 7.14. The van der Waals surface area contributed by atoms with Crippen LogP contribution in [0.15, 0.2) is 12.4 Å². The Labute approximate surface area is 110 Å². The summed E-state index contributed by atoms with van der Waals surface area (Å²) in [5.74, 6) is 1.85. The number of anilines is 1. The Morgan fingerprint density at radius 2 is 2.22 bits per heavy atom. The molecule has 0 spiro atoms. The van der Waals surface area contributed by atoms with E-state index in [0.29, 0.717) is 0 Å². The monoisotopic (exact) mass is 251 g/mol. The van der Waals surface area contributed by atoms with E-state index in [4.69, 9.17) is 4.74 Å². The van der Waals surface area contributed by atoms with Gasteiger partial charge in [0.1, 0.15) is 0 Å². The number of imidazole rings is 1. The number of nitrogens with one attached hydrogen (secondary N) is 1. The highest BCUT2D eigenvalue weighted by atomic mass is 16.5. The summed E-state index contributed by atoms with van der Waals surface area (Å²) in [4.78, 5) is 4.39. The summed E-state index contributed by atoms with van der Waals surface area (Å²) in [6.45, 7) is 2.85. The molecule has 1 N–H and O–H groups in total. The zero-order chi connectivity index (χ0) is 12.6. The van der Waals surface area contributed by atoms with Crippen molar-refractivity contribution in [2.24, 2.45) is 5.92 Å². The maximum absolute atomic E-state index is 5.08. The molecule has 1 aromatic rings. The zero-order valence-electron chi connectivity index (χ0n) is 11.4. The van der Waals surface area contributed by atoms with Gasteiger partial charge in [-0.1, -0.05) is 19.3 Å². The topological polar surface area (TPSA) is 39.1 Å². The number of aromatic nitrogens is 2. The van der Waals surface area contributed by atoms with E-state index in [1.165, 1.54) is 32.1 Å². The fraction of sp³-hybridized carbons (Fsp3) is 0.786. The van der Waals surface area contributed by atoms with Crippen LogP contribution in [0.1, 0.15) is 38.5 Å². The number of methoxy groups -OCH3 is 1. The fourth-order valence-corrected chi connectivity index (χ4v) is 2.66. The Balaban J connectivity index is 1.75. The van der Waals surface area contributed by atoms with Crippen molar-refractivity contribution in [2.75, 3.05) is 25.6 Å². The van der Waals surface area contributed by atoms with Crippen LogP contribution in [0.3, 0.4) is 0 Å². The van der Waals surface area contributed by atoms with E-state index >= 15 is 0 Å². The first kappa shape index (κ1) is 13.4. The molecule has 0 bridgehead atoms. The molecule has 0 atom stereocenters. The molecular formula is C14H25N3O. The van der Waals surface area contributed by atoms with Gasteiger partial charge in [0.15, 0.2) is 0 Å². The number of nitrogens with zero attached hydrogens (tertiary/aromatic N) is 2. The van der Waals surface area contributed by atoms with Crippen molar-refractivity contribution in [3.8, 4) is 0 Å². The molecule has 0 aromatic carbocycles. The van der Waals surface area contributed by atoms with E-state index in [0.717, 1.165) is 38.0 Å². The standard InChI is InChI=1S/C14H25N3O/c1-18-11-5-9-17-10-8-15-14(17)16-12-13-6-3-2-4-7-13/h8,10,13H,2-7,9,11-12H2,1H3,(H,15,16). The maximum atomic E-state index is 5.08. The van der Waals surface area contributed by atoms with Crippen molar-refractivity contribution < 1.29 is 4.74 Å². The molecule has 4 heteroatoms. The molecule has 1 saturated carbocycles. The minimum atomic E-state index is 0.806. The zero-order valence-corrected chi connectivity index (χ0v) is 11.4. The molecule has 4 nitrogen and oxygen atoms in total. The molecule has 1 aliphatic rings. The highest BCUT2D eigenvalue weighted by Crippen LogP contribution is 2.23. The SMILES string of the molecule is COCCCn1ccnc1NCC1CCCCC1. The van der Waals surface area contributed by atoms with Gasteiger partial charge in [-0.3, -0.25) is 0 Å². The molecule has 2 rings (SSSR count). The molecule has 0 unspecified atom stereocenters. The average Bonchev–Trinajstić information content (AvgIpc) is 2.86. The molecule has 1 fully saturated rings. The van der Waals surface area contributed by atoms with Crippen LogP contribution >= 0.6 is 0 Å². The predicted octanol–water partition coefficient (Wildman–Crippen LogP) is 2.91. The molecule has 0 saturated heterocycles. The Morgan fingerprint density at radius 1 is 1.39 bits per heavy atom. The molecule has 0 radical (unpaired) electrons. The van der Waals surface area contributed by atoms with Crippen LogP contribution in [0.5, 0.6) is 0 Å². The van der Waals surface area contributed by atoms with Gasteiger partial charge in [-0.15, -0.1) is 0 Å². The van der Waals surface area contributed by atoms with Crippen molar-refractivity contribution in [3.05, 3.63) is 12.4 Å². The van der Waals surface area contributed by atoms with E-state index in [2.05, 4.69) is 14.9 Å². The highest BCUT2D eigenvalue weighted by Gasteiger charge is 2.13. The van der Waals surface area contributed by atoms with E-state index < -0.39 is 0 Å². The van der Waals surface area contributed by atoms with E-state index in [1.807, 2.05) is 12.4 Å². The van der Waals surface area contributed by atoms with Gasteiger partial charge in [0, 0.05) is 39.2 Å². The summed E-state index contributed by atoms with van der Waals surface area (Å²) in [5.41, 5.74) is 0. The van der Waals surface area contributed by atoms with Gasteiger partial charge in [-0.05, 0) is 25.2 Å². The second kappa shape index (κ2) is 7.41. The van der Waals surface area contributed by atoms with Crippen LogP contribution in [0.25, 0.3) is 0 Å². The minimum Gasteiger partial charge on any atom is -0.385 e. The number of hydrogen-bond donors (Lipinski definition) is 1. The van der Waals surface area contributed by atoms with Crippen LogP contribution in [0.2, 0.25) is 0 Å². The molecule has 0 amide bonds. The summed E-state index contributed by atoms with van der Waals surface area (Å²) in [7, 11) is 1.75. The molecular weight excluding hydrogens is 226 g/mol. The van der Waals surface area contributed by atoms with Gasteiger partial charge < -0.3 is 14.6 Å². The van der Waals surface area contributed by atoms with E-state index in [1.54, 1.807) is 7.11 Å². The number of ether oxygens (including phenoxy) is 1. The summed E-state index contributed by atoms with van der Waals surface area (Å²) in [6, 6.07) is 0. The van der Waals surface area contributed by atoms with E-state index in [-0.39, 0.29) is 0 Å². The second-order valence-electron chi connectivity index (χ2n) is 5.18. The van der Waals surface area contributed by atoms with Crippen LogP contribution < -0.4 is 5.32 Å². The lowest BCUT2D eigenvalue weighted by atomic mass is 9.89. The number of hydrogen-bond acceptors (Lipinski definition) is 3.